The Balaban J connectivity index is 0.00000267. The number of nitrogens with zero attached hydrogens (tertiary/aromatic N) is 5. The lowest BCUT2D eigenvalue weighted by Gasteiger charge is -2.24. The molecule has 1 aromatic carbocycles. The molecule has 1 saturated carbocycles. The lowest BCUT2D eigenvalue weighted by molar-refractivity contribution is 0.173. The minimum absolute atomic E-state index is 0. The Morgan fingerprint density at radius 1 is 1.14 bits per heavy atom. The van der Waals surface area contributed by atoms with Crippen molar-refractivity contribution in [2.45, 2.75) is 25.7 Å². The van der Waals surface area contributed by atoms with E-state index in [4.69, 9.17) is 14.5 Å². The first-order chi connectivity index (χ1) is 17.2. The number of aromatic amines is 1. The van der Waals surface area contributed by atoms with Crippen molar-refractivity contribution in [1.82, 2.24) is 24.7 Å². The van der Waals surface area contributed by atoms with E-state index in [0.717, 1.165) is 17.8 Å². The van der Waals surface area contributed by atoms with E-state index >= 15 is 0 Å². The van der Waals surface area contributed by atoms with E-state index in [-0.39, 0.29) is 12.4 Å². The minimum atomic E-state index is 0. The van der Waals surface area contributed by atoms with Gasteiger partial charge in [0.2, 0.25) is 5.95 Å². The Labute approximate surface area is 214 Å². The number of anilines is 3. The third-order valence-electron chi connectivity index (χ3n) is 6.72. The molecule has 1 fully saturated rings. The highest BCUT2D eigenvalue weighted by Gasteiger charge is 2.24. The van der Waals surface area contributed by atoms with Gasteiger partial charge in [-0.2, -0.15) is 20.3 Å². The number of aromatic nitrogens is 5. The first kappa shape index (κ1) is 23.8. The van der Waals surface area contributed by atoms with Crippen LogP contribution < -0.4 is 20.1 Å². The van der Waals surface area contributed by atoms with Gasteiger partial charge in [0, 0.05) is 31.5 Å². The third kappa shape index (κ3) is 4.27. The van der Waals surface area contributed by atoms with E-state index < -0.39 is 0 Å². The van der Waals surface area contributed by atoms with Crippen LogP contribution in [0.1, 0.15) is 31.2 Å². The number of hydrogen-bond acceptors (Lipinski definition) is 8. The molecule has 186 valence electrons. The van der Waals surface area contributed by atoms with E-state index in [0.29, 0.717) is 64.7 Å². The van der Waals surface area contributed by atoms with Gasteiger partial charge in [-0.05, 0) is 37.0 Å². The predicted octanol–water partition coefficient (Wildman–Crippen LogP) is 4.77. The van der Waals surface area contributed by atoms with Crippen LogP contribution >= 0.6 is 12.4 Å². The molecule has 4 aromatic rings. The molecule has 0 radical (unpaired) electrons. The molecule has 0 amide bonds. The maximum Gasteiger partial charge on any atom is 0.231 e. The molecule has 0 unspecified atom stereocenters. The number of hydrogen-bond donors (Lipinski definition) is 3. The summed E-state index contributed by atoms with van der Waals surface area (Å²) < 4.78 is 13.8. The monoisotopic (exact) mass is 506 g/mol. The molecule has 11 heteroatoms. The second-order valence-corrected chi connectivity index (χ2v) is 8.95. The summed E-state index contributed by atoms with van der Waals surface area (Å²) in [6.45, 7) is 1.75. The Hall–Kier alpha value is -3.97. The van der Waals surface area contributed by atoms with Crippen molar-refractivity contribution >= 4 is 40.9 Å². The lowest BCUT2D eigenvalue weighted by Crippen LogP contribution is -2.17. The van der Waals surface area contributed by atoms with Crippen molar-refractivity contribution in [1.29, 1.82) is 5.26 Å². The fourth-order valence-electron chi connectivity index (χ4n) is 4.96. The molecule has 0 bridgehead atoms. The van der Waals surface area contributed by atoms with Crippen LogP contribution in [0, 0.1) is 17.2 Å². The SMILES string of the molecule is Cl.Cn1nccc1-c1ccc(Nc2nc(NCC3CCCC3)c3c(C#N)c[nH]c3n2)c2c1OCCO2. The van der Waals surface area contributed by atoms with Crippen LogP contribution in [0.5, 0.6) is 11.5 Å². The summed E-state index contributed by atoms with van der Waals surface area (Å²) in [4.78, 5) is 12.5. The number of nitriles is 1. The Kier molecular flexibility index (Phi) is 6.57. The van der Waals surface area contributed by atoms with Gasteiger partial charge in [-0.15, -0.1) is 12.4 Å². The number of nitrogens with one attached hydrogen (secondary N) is 3. The van der Waals surface area contributed by atoms with Crippen LogP contribution in [-0.4, -0.2) is 44.5 Å². The zero-order chi connectivity index (χ0) is 23.8. The van der Waals surface area contributed by atoms with Crippen molar-refractivity contribution in [3.63, 3.8) is 0 Å². The standard InChI is InChI=1S/C25H26N8O2.ClH/c1-33-19(8-9-29-33)17-6-7-18(22-21(17)34-10-11-35-22)30-25-31-23(27-13-15-4-2-3-5-15)20-16(12-26)14-28-24(20)32-25;/h6-9,14-15H,2-5,10-11,13H2,1H3,(H3,27,28,30,31,32);1H. The Morgan fingerprint density at radius 3 is 2.69 bits per heavy atom. The van der Waals surface area contributed by atoms with Crippen molar-refractivity contribution in [3.8, 4) is 28.8 Å². The summed E-state index contributed by atoms with van der Waals surface area (Å²) in [6.07, 6.45) is 8.41. The highest BCUT2D eigenvalue weighted by atomic mass is 35.5. The Bertz CT molecular complexity index is 1430. The van der Waals surface area contributed by atoms with Crippen LogP contribution in [0.3, 0.4) is 0 Å². The smallest absolute Gasteiger partial charge is 0.231 e. The summed E-state index contributed by atoms with van der Waals surface area (Å²) in [5.41, 5.74) is 3.67. The number of rotatable bonds is 6. The normalized spacial score (nSPS) is 14.9. The summed E-state index contributed by atoms with van der Waals surface area (Å²) in [7, 11) is 1.90. The second-order valence-electron chi connectivity index (χ2n) is 8.95. The first-order valence-corrected chi connectivity index (χ1v) is 11.9. The largest absolute Gasteiger partial charge is 0.485 e. The predicted molar refractivity (Wildman–Crippen MR) is 139 cm³/mol. The molecule has 6 rings (SSSR count). The van der Waals surface area contributed by atoms with Gasteiger partial charge in [-0.25, -0.2) is 0 Å². The molecule has 36 heavy (non-hydrogen) atoms. The Morgan fingerprint density at radius 2 is 1.94 bits per heavy atom. The summed E-state index contributed by atoms with van der Waals surface area (Å²) in [5.74, 6) is 2.96. The van der Waals surface area contributed by atoms with Gasteiger partial charge in [0.1, 0.15) is 30.7 Å². The highest BCUT2D eigenvalue weighted by Crippen LogP contribution is 2.45. The van der Waals surface area contributed by atoms with E-state index in [1.54, 1.807) is 17.1 Å². The van der Waals surface area contributed by atoms with Gasteiger partial charge >= 0.3 is 0 Å². The molecule has 4 heterocycles. The first-order valence-electron chi connectivity index (χ1n) is 11.9. The average Bonchev–Trinajstić information content (AvgIpc) is 3.64. The number of benzene rings is 1. The van der Waals surface area contributed by atoms with Gasteiger partial charge in [0.15, 0.2) is 11.5 Å². The van der Waals surface area contributed by atoms with Crippen LogP contribution in [0.15, 0.2) is 30.6 Å². The highest BCUT2D eigenvalue weighted by molar-refractivity contribution is 5.94. The zero-order valence-corrected chi connectivity index (χ0v) is 20.7. The van der Waals surface area contributed by atoms with Crippen molar-refractivity contribution in [2.24, 2.45) is 13.0 Å². The maximum absolute atomic E-state index is 9.58. The van der Waals surface area contributed by atoms with Gasteiger partial charge in [0.05, 0.1) is 22.3 Å². The maximum atomic E-state index is 9.58. The molecule has 0 atom stereocenters. The molecule has 2 aliphatic rings. The van der Waals surface area contributed by atoms with Gasteiger partial charge in [-0.3, -0.25) is 4.68 Å². The number of ether oxygens (including phenoxy) is 2. The molecule has 3 aromatic heterocycles. The fourth-order valence-corrected chi connectivity index (χ4v) is 4.96. The quantitative estimate of drug-likeness (QED) is 0.341. The lowest BCUT2D eigenvalue weighted by atomic mass is 10.1. The van der Waals surface area contributed by atoms with Gasteiger partial charge < -0.3 is 25.1 Å². The van der Waals surface area contributed by atoms with Crippen molar-refractivity contribution < 1.29 is 9.47 Å². The third-order valence-corrected chi connectivity index (χ3v) is 6.72. The topological polar surface area (TPSA) is 126 Å². The van der Waals surface area contributed by atoms with E-state index in [1.807, 2.05) is 25.2 Å². The number of aryl methyl sites for hydroxylation is 1. The number of halogens is 1. The second kappa shape index (κ2) is 9.95. The molecule has 3 N–H and O–H groups in total. The van der Waals surface area contributed by atoms with Crippen LogP contribution in [0.25, 0.3) is 22.3 Å². The van der Waals surface area contributed by atoms with E-state index in [1.165, 1.54) is 25.7 Å². The molecule has 10 nitrogen and oxygen atoms in total. The molecule has 1 aliphatic carbocycles. The molecule has 0 spiro atoms. The fraction of sp³-hybridized carbons (Fsp3) is 0.360. The zero-order valence-electron chi connectivity index (χ0n) is 19.9. The van der Waals surface area contributed by atoms with Crippen LogP contribution in [-0.2, 0) is 7.05 Å². The molecular formula is C25H27ClN8O2. The van der Waals surface area contributed by atoms with E-state index in [2.05, 4.69) is 31.8 Å². The van der Waals surface area contributed by atoms with Crippen LogP contribution in [0.4, 0.5) is 17.5 Å². The number of H-pyrrole nitrogens is 1. The number of fused-ring (bicyclic) bond motifs is 2. The minimum Gasteiger partial charge on any atom is -0.485 e. The van der Waals surface area contributed by atoms with Crippen LogP contribution in [0.2, 0.25) is 0 Å². The average molecular weight is 507 g/mol. The molecular weight excluding hydrogens is 480 g/mol. The summed E-state index contributed by atoms with van der Waals surface area (Å²) >= 11 is 0. The van der Waals surface area contributed by atoms with Gasteiger partial charge in [0.25, 0.3) is 0 Å². The van der Waals surface area contributed by atoms with Gasteiger partial charge in [-0.1, -0.05) is 12.8 Å². The molecule has 0 saturated heterocycles. The molecule has 1 aliphatic heterocycles. The van der Waals surface area contributed by atoms with E-state index in [9.17, 15) is 5.26 Å². The van der Waals surface area contributed by atoms with Crippen molar-refractivity contribution in [2.75, 3.05) is 30.4 Å². The summed E-state index contributed by atoms with van der Waals surface area (Å²) in [5, 5.41) is 21.4. The summed E-state index contributed by atoms with van der Waals surface area (Å²) in [6, 6.07) is 8.09. The van der Waals surface area contributed by atoms with Crippen molar-refractivity contribution in [3.05, 3.63) is 36.2 Å².